The van der Waals surface area contributed by atoms with E-state index in [1.165, 1.54) is 0 Å². The zero-order valence-corrected chi connectivity index (χ0v) is 14.6. The highest BCUT2D eigenvalue weighted by Crippen LogP contribution is 2.33. The van der Waals surface area contributed by atoms with Gasteiger partial charge in [0, 0.05) is 12.1 Å². The Labute approximate surface area is 149 Å². The molecule has 4 aromatic heterocycles. The first-order chi connectivity index (χ1) is 12.5. The molecule has 0 N–H and O–H groups in total. The lowest BCUT2D eigenvalue weighted by atomic mass is 9.88. The molecule has 0 saturated heterocycles. The third-order valence-corrected chi connectivity index (χ3v) is 5.03. The minimum Gasteiger partial charge on any atom is -0.292 e. The largest absolute Gasteiger partial charge is 0.292 e. The van der Waals surface area contributed by atoms with Crippen molar-refractivity contribution in [1.82, 2.24) is 29.2 Å². The standard InChI is InChI=1S/C19H18N6O/c1-19(2,18-22-21-16-5-3-4-10-24(16)18)14-8-9-15-20-13(11-25(15)23-14)17(26)12-6-7-12/h3-5,8-12H,6-7H2,1-2H3. The molecule has 0 bridgehead atoms. The second kappa shape index (κ2) is 5.20. The molecule has 0 unspecified atom stereocenters. The minimum atomic E-state index is -0.458. The molecule has 26 heavy (non-hydrogen) atoms. The van der Waals surface area contributed by atoms with Crippen LogP contribution in [0.3, 0.4) is 0 Å². The monoisotopic (exact) mass is 346 g/mol. The van der Waals surface area contributed by atoms with Crippen molar-refractivity contribution in [3.05, 3.63) is 59.9 Å². The normalized spacial score (nSPS) is 15.0. The van der Waals surface area contributed by atoms with Gasteiger partial charge in [0.05, 0.1) is 17.3 Å². The lowest BCUT2D eigenvalue weighted by molar-refractivity contribution is 0.0963. The molecular weight excluding hydrogens is 328 g/mol. The van der Waals surface area contributed by atoms with Gasteiger partial charge in [0.25, 0.3) is 0 Å². The van der Waals surface area contributed by atoms with Gasteiger partial charge in [-0.25, -0.2) is 9.50 Å². The highest BCUT2D eigenvalue weighted by Gasteiger charge is 2.33. The molecule has 0 aromatic carbocycles. The molecule has 5 rings (SSSR count). The fourth-order valence-corrected chi connectivity index (χ4v) is 3.27. The molecule has 0 amide bonds. The summed E-state index contributed by atoms with van der Waals surface area (Å²) in [4.78, 5) is 16.7. The Morgan fingerprint density at radius 3 is 2.77 bits per heavy atom. The molecule has 4 aromatic rings. The van der Waals surface area contributed by atoms with E-state index in [0.717, 1.165) is 30.0 Å². The predicted octanol–water partition coefficient (Wildman–Crippen LogP) is 2.69. The van der Waals surface area contributed by atoms with Gasteiger partial charge in [-0.1, -0.05) is 6.07 Å². The molecule has 0 radical (unpaired) electrons. The van der Waals surface area contributed by atoms with Crippen molar-refractivity contribution < 1.29 is 4.79 Å². The van der Waals surface area contributed by atoms with Crippen LogP contribution < -0.4 is 0 Å². The molecular formula is C19H18N6O. The van der Waals surface area contributed by atoms with Crippen molar-refractivity contribution in [2.75, 3.05) is 0 Å². The van der Waals surface area contributed by atoms with Crippen LogP contribution in [0.5, 0.6) is 0 Å². The van der Waals surface area contributed by atoms with E-state index in [4.69, 9.17) is 5.10 Å². The molecule has 4 heterocycles. The maximum absolute atomic E-state index is 12.3. The molecule has 0 atom stereocenters. The van der Waals surface area contributed by atoms with Gasteiger partial charge in [-0.2, -0.15) is 5.10 Å². The molecule has 130 valence electrons. The number of aromatic nitrogens is 6. The van der Waals surface area contributed by atoms with Crippen LogP contribution in [0, 0.1) is 5.92 Å². The average Bonchev–Trinajstić information content (AvgIpc) is 3.25. The van der Waals surface area contributed by atoms with Crippen molar-refractivity contribution in [1.29, 1.82) is 0 Å². The number of hydrogen-bond acceptors (Lipinski definition) is 5. The third-order valence-electron chi connectivity index (χ3n) is 5.03. The maximum Gasteiger partial charge on any atom is 0.185 e. The summed E-state index contributed by atoms with van der Waals surface area (Å²) in [5.41, 5.74) is 2.37. The van der Waals surface area contributed by atoms with E-state index in [9.17, 15) is 4.79 Å². The second-order valence-electron chi connectivity index (χ2n) is 7.36. The van der Waals surface area contributed by atoms with E-state index in [2.05, 4.69) is 29.0 Å². The SMILES string of the molecule is CC(C)(c1ccc2nc(C(=O)C3CC3)cn2n1)c1nnc2ccccn12. The van der Waals surface area contributed by atoms with Crippen LogP contribution in [0.4, 0.5) is 0 Å². The van der Waals surface area contributed by atoms with E-state index in [-0.39, 0.29) is 11.7 Å². The highest BCUT2D eigenvalue weighted by molar-refractivity contribution is 5.98. The van der Waals surface area contributed by atoms with E-state index >= 15 is 0 Å². The summed E-state index contributed by atoms with van der Waals surface area (Å²) in [5.74, 6) is 1.09. The molecule has 0 aliphatic heterocycles. The highest BCUT2D eigenvalue weighted by atomic mass is 16.1. The van der Waals surface area contributed by atoms with Crippen LogP contribution in [-0.4, -0.2) is 35.0 Å². The van der Waals surface area contributed by atoms with Crippen molar-refractivity contribution in [2.45, 2.75) is 32.1 Å². The molecule has 0 spiro atoms. The van der Waals surface area contributed by atoms with E-state index in [1.54, 1.807) is 10.7 Å². The second-order valence-corrected chi connectivity index (χ2v) is 7.36. The molecule has 1 aliphatic carbocycles. The number of ketones is 1. The molecule has 1 aliphatic rings. The fourth-order valence-electron chi connectivity index (χ4n) is 3.27. The van der Waals surface area contributed by atoms with Crippen molar-refractivity contribution in [3.63, 3.8) is 0 Å². The van der Waals surface area contributed by atoms with Gasteiger partial charge >= 0.3 is 0 Å². The zero-order valence-electron chi connectivity index (χ0n) is 14.6. The van der Waals surface area contributed by atoms with Crippen molar-refractivity contribution in [2.24, 2.45) is 5.92 Å². The number of pyridine rings is 1. The Bertz CT molecular complexity index is 1150. The van der Waals surface area contributed by atoms with Crippen LogP contribution in [0.25, 0.3) is 11.3 Å². The number of Topliss-reactive ketones (excluding diaryl/α,β-unsaturated/α-hetero) is 1. The number of hydrogen-bond donors (Lipinski definition) is 0. The van der Waals surface area contributed by atoms with Gasteiger partial charge in [-0.15, -0.1) is 10.2 Å². The van der Waals surface area contributed by atoms with Crippen LogP contribution >= 0.6 is 0 Å². The van der Waals surface area contributed by atoms with E-state index in [1.807, 2.05) is 40.9 Å². The Morgan fingerprint density at radius 2 is 1.96 bits per heavy atom. The number of nitrogens with zero attached hydrogens (tertiary/aromatic N) is 6. The number of carbonyl (C=O) groups is 1. The quantitative estimate of drug-likeness (QED) is 0.531. The van der Waals surface area contributed by atoms with Crippen LogP contribution in [0.1, 0.15) is 48.7 Å². The van der Waals surface area contributed by atoms with Gasteiger partial charge in [0.2, 0.25) is 0 Å². The molecule has 1 saturated carbocycles. The predicted molar refractivity (Wildman–Crippen MR) is 95.2 cm³/mol. The van der Waals surface area contributed by atoms with E-state index < -0.39 is 5.41 Å². The molecule has 7 nitrogen and oxygen atoms in total. The lowest BCUT2D eigenvalue weighted by Gasteiger charge is -2.21. The van der Waals surface area contributed by atoms with Crippen molar-refractivity contribution >= 4 is 17.1 Å². The Kier molecular flexibility index (Phi) is 3.04. The number of carbonyl (C=O) groups excluding carboxylic acids is 1. The first kappa shape index (κ1) is 15.2. The van der Waals surface area contributed by atoms with Gasteiger partial charge in [0.1, 0.15) is 11.5 Å². The maximum atomic E-state index is 12.3. The summed E-state index contributed by atoms with van der Waals surface area (Å²) in [6.07, 6.45) is 5.63. The van der Waals surface area contributed by atoms with Crippen LogP contribution in [0.2, 0.25) is 0 Å². The van der Waals surface area contributed by atoms with Gasteiger partial charge in [-0.05, 0) is 51.0 Å². The van der Waals surface area contributed by atoms with Crippen LogP contribution in [0.15, 0.2) is 42.7 Å². The number of rotatable bonds is 4. The zero-order chi connectivity index (χ0) is 17.9. The summed E-state index contributed by atoms with van der Waals surface area (Å²) < 4.78 is 3.66. The molecule has 7 heteroatoms. The minimum absolute atomic E-state index is 0.125. The van der Waals surface area contributed by atoms with Gasteiger partial charge in [0.15, 0.2) is 17.1 Å². The number of imidazole rings is 1. The Balaban J connectivity index is 1.59. The summed E-state index contributed by atoms with van der Waals surface area (Å²) in [6, 6.07) is 9.66. The Hall–Kier alpha value is -3.09. The van der Waals surface area contributed by atoms with Crippen molar-refractivity contribution in [3.8, 4) is 0 Å². The average molecular weight is 346 g/mol. The summed E-state index contributed by atoms with van der Waals surface area (Å²) >= 11 is 0. The first-order valence-electron chi connectivity index (χ1n) is 8.75. The first-order valence-corrected chi connectivity index (χ1v) is 8.75. The number of fused-ring (bicyclic) bond motifs is 2. The third kappa shape index (κ3) is 2.23. The summed E-state index contributed by atoms with van der Waals surface area (Å²) in [6.45, 7) is 4.13. The smallest absolute Gasteiger partial charge is 0.185 e. The lowest BCUT2D eigenvalue weighted by Crippen LogP contribution is -2.24. The Morgan fingerprint density at radius 1 is 1.12 bits per heavy atom. The topological polar surface area (TPSA) is 77.5 Å². The fraction of sp³-hybridized carbons (Fsp3) is 0.316. The van der Waals surface area contributed by atoms with E-state index in [0.29, 0.717) is 11.3 Å². The molecule has 1 fully saturated rings. The van der Waals surface area contributed by atoms with Gasteiger partial charge in [-0.3, -0.25) is 9.20 Å². The summed E-state index contributed by atoms with van der Waals surface area (Å²) in [7, 11) is 0. The van der Waals surface area contributed by atoms with Gasteiger partial charge < -0.3 is 0 Å². The van der Waals surface area contributed by atoms with Crippen LogP contribution in [-0.2, 0) is 5.41 Å². The summed E-state index contributed by atoms with van der Waals surface area (Å²) in [5, 5.41) is 13.3.